The minimum absolute atomic E-state index is 0.0590. The largest absolute Gasteiger partial charge is 0.465 e. The summed E-state index contributed by atoms with van der Waals surface area (Å²) in [5.41, 5.74) is 2.62. The summed E-state index contributed by atoms with van der Waals surface area (Å²) in [7, 11) is 1.20. The van der Waals surface area contributed by atoms with Crippen LogP contribution in [-0.2, 0) is 11.2 Å². The second-order valence-electron chi connectivity index (χ2n) is 6.51. The number of halogens is 1. The van der Waals surface area contributed by atoms with Crippen LogP contribution in [0, 0.1) is 5.82 Å². The van der Waals surface area contributed by atoms with Crippen molar-refractivity contribution in [2.45, 2.75) is 12.5 Å². The number of amides is 2. The van der Waals surface area contributed by atoms with Crippen molar-refractivity contribution in [2.24, 2.45) is 0 Å². The molecule has 0 saturated heterocycles. The van der Waals surface area contributed by atoms with E-state index in [0.29, 0.717) is 13.0 Å². The van der Waals surface area contributed by atoms with E-state index >= 15 is 0 Å². The summed E-state index contributed by atoms with van der Waals surface area (Å²) in [6.45, 7) is 0.426. The highest BCUT2D eigenvalue weighted by atomic mass is 19.1. The van der Waals surface area contributed by atoms with Crippen LogP contribution in [0.1, 0.15) is 33.4 Å². The number of hydrogen-bond donors (Lipinski definition) is 2. The number of pyridine rings is 1. The van der Waals surface area contributed by atoms with E-state index in [0.717, 1.165) is 23.0 Å². The fourth-order valence-corrected chi connectivity index (χ4v) is 3.46. The number of nitrogens with one attached hydrogen (secondary N) is 2. The van der Waals surface area contributed by atoms with E-state index in [4.69, 9.17) is 4.74 Å². The number of hydrogen-bond acceptors (Lipinski definition) is 5. The molecule has 2 aromatic heterocycles. The minimum Gasteiger partial charge on any atom is -0.465 e. The van der Waals surface area contributed by atoms with E-state index < -0.39 is 23.9 Å². The third-order valence-electron chi connectivity index (χ3n) is 4.81. The van der Waals surface area contributed by atoms with Gasteiger partial charge in [-0.25, -0.2) is 19.0 Å². The summed E-state index contributed by atoms with van der Waals surface area (Å²) < 4.78 is 18.3. The van der Waals surface area contributed by atoms with Gasteiger partial charge in [-0.15, -0.1) is 0 Å². The highest BCUT2D eigenvalue weighted by molar-refractivity contribution is 6.01. The Bertz CT molecular complexity index is 1050. The van der Waals surface area contributed by atoms with Crippen molar-refractivity contribution < 1.29 is 18.7 Å². The lowest BCUT2D eigenvalue weighted by Crippen LogP contribution is -2.43. The van der Waals surface area contributed by atoms with Crippen LogP contribution in [0.25, 0.3) is 0 Å². The van der Waals surface area contributed by atoms with Gasteiger partial charge in [0.25, 0.3) is 0 Å². The van der Waals surface area contributed by atoms with Gasteiger partial charge in [-0.2, -0.15) is 0 Å². The zero-order valence-electron chi connectivity index (χ0n) is 15.6. The van der Waals surface area contributed by atoms with Crippen LogP contribution in [0.5, 0.6) is 0 Å². The van der Waals surface area contributed by atoms with Crippen LogP contribution >= 0.6 is 0 Å². The van der Waals surface area contributed by atoms with Gasteiger partial charge in [0, 0.05) is 31.1 Å². The molecule has 0 radical (unpaired) electrons. The van der Waals surface area contributed by atoms with Crippen LogP contribution in [-0.4, -0.2) is 45.5 Å². The Hall–Kier alpha value is -3.75. The van der Waals surface area contributed by atoms with Crippen LogP contribution in [0.15, 0.2) is 49.1 Å². The number of ether oxygens (including phenoxy) is 1. The van der Waals surface area contributed by atoms with Gasteiger partial charge in [-0.1, -0.05) is 6.07 Å². The van der Waals surface area contributed by atoms with Crippen LogP contribution in [0.4, 0.5) is 14.9 Å². The Labute approximate surface area is 165 Å². The molecule has 3 aromatic rings. The molecule has 4 rings (SSSR count). The first-order valence-electron chi connectivity index (χ1n) is 8.96. The Kier molecular flexibility index (Phi) is 4.94. The third-order valence-corrected chi connectivity index (χ3v) is 4.81. The molecular weight excluding hydrogens is 377 g/mol. The van der Waals surface area contributed by atoms with Gasteiger partial charge >= 0.3 is 12.0 Å². The van der Waals surface area contributed by atoms with Crippen LogP contribution in [0.3, 0.4) is 0 Å². The normalized spacial score (nSPS) is 15.5. The number of aromatic amines is 1. The molecule has 0 spiro atoms. The number of urea groups is 1. The minimum atomic E-state index is -0.739. The Morgan fingerprint density at radius 3 is 2.97 bits per heavy atom. The molecule has 148 valence electrons. The van der Waals surface area contributed by atoms with Gasteiger partial charge in [-0.05, 0) is 29.8 Å². The third kappa shape index (κ3) is 3.54. The maximum Gasteiger partial charge on any atom is 0.340 e. The summed E-state index contributed by atoms with van der Waals surface area (Å²) in [5, 5.41) is 2.71. The second kappa shape index (κ2) is 7.70. The van der Waals surface area contributed by atoms with Crippen molar-refractivity contribution in [3.63, 3.8) is 0 Å². The average molecular weight is 395 g/mol. The van der Waals surface area contributed by atoms with E-state index in [-0.39, 0.29) is 11.3 Å². The van der Waals surface area contributed by atoms with Gasteiger partial charge in [0.15, 0.2) is 0 Å². The number of rotatable bonds is 3. The van der Waals surface area contributed by atoms with E-state index in [2.05, 4.69) is 20.3 Å². The molecule has 9 heteroatoms. The molecule has 1 aromatic carbocycles. The molecule has 0 bridgehead atoms. The number of nitrogens with zero attached hydrogens (tertiary/aromatic N) is 3. The first-order chi connectivity index (χ1) is 14.1. The molecule has 0 aliphatic carbocycles. The zero-order chi connectivity index (χ0) is 20.4. The van der Waals surface area contributed by atoms with Crippen LogP contribution in [0.2, 0.25) is 0 Å². The van der Waals surface area contributed by atoms with Gasteiger partial charge < -0.3 is 19.9 Å². The van der Waals surface area contributed by atoms with Crippen molar-refractivity contribution in [1.82, 2.24) is 19.9 Å². The van der Waals surface area contributed by atoms with Gasteiger partial charge in [0.2, 0.25) is 0 Å². The number of fused-ring (bicyclic) bond motifs is 1. The average Bonchev–Trinajstić information content (AvgIpc) is 3.23. The number of benzene rings is 1. The van der Waals surface area contributed by atoms with Gasteiger partial charge in [0.1, 0.15) is 11.9 Å². The highest BCUT2D eigenvalue weighted by Crippen LogP contribution is 2.33. The van der Waals surface area contributed by atoms with E-state index in [1.54, 1.807) is 29.7 Å². The van der Waals surface area contributed by atoms with Crippen LogP contribution < -0.4 is 5.32 Å². The first kappa shape index (κ1) is 18.6. The molecule has 2 amide bonds. The van der Waals surface area contributed by atoms with Gasteiger partial charge in [-0.3, -0.25) is 4.98 Å². The fraction of sp³-hybridized carbons (Fsp3) is 0.200. The summed E-state index contributed by atoms with van der Waals surface area (Å²) in [6, 6.07) is 6.32. The molecule has 0 fully saturated rings. The molecule has 29 heavy (non-hydrogen) atoms. The Morgan fingerprint density at radius 2 is 2.21 bits per heavy atom. The second-order valence-corrected chi connectivity index (χ2v) is 6.51. The SMILES string of the molecule is COC(=O)c1cc(F)ccc1NC(=O)N1CCc2[nH]cnc2[C@@H]1c1cccnc1. The lowest BCUT2D eigenvalue weighted by Gasteiger charge is -2.35. The first-order valence-corrected chi connectivity index (χ1v) is 8.96. The summed E-state index contributed by atoms with van der Waals surface area (Å²) in [6.07, 6.45) is 5.55. The standard InChI is InChI=1S/C20H18FN5O3/c1-29-19(27)14-9-13(21)4-5-15(14)25-20(28)26-8-6-16-17(24-11-23-16)18(26)12-3-2-7-22-10-12/h2-5,7,9-11,18H,6,8H2,1H3,(H,23,24)(H,25,28)/t18-/m0/s1. The lowest BCUT2D eigenvalue weighted by molar-refractivity contribution is 0.0601. The number of esters is 1. The highest BCUT2D eigenvalue weighted by Gasteiger charge is 2.34. The summed E-state index contributed by atoms with van der Waals surface area (Å²) >= 11 is 0. The number of carbonyl (C=O) groups is 2. The molecular formula is C20H18FN5O3. The van der Waals surface area contributed by atoms with Gasteiger partial charge in [0.05, 0.1) is 30.4 Å². The summed E-state index contributed by atoms with van der Waals surface area (Å²) in [5.74, 6) is -1.34. The number of imidazole rings is 1. The maximum atomic E-state index is 13.6. The van der Waals surface area contributed by atoms with E-state index in [1.807, 2.05) is 6.07 Å². The smallest absolute Gasteiger partial charge is 0.340 e. The molecule has 1 aliphatic rings. The van der Waals surface area contributed by atoms with Crippen molar-refractivity contribution >= 4 is 17.7 Å². The van der Waals surface area contributed by atoms with Crippen molar-refractivity contribution in [2.75, 3.05) is 19.0 Å². The molecule has 0 saturated carbocycles. The predicted octanol–water partition coefficient (Wildman–Crippen LogP) is 2.91. The Balaban J connectivity index is 1.67. The number of anilines is 1. The number of aromatic nitrogens is 3. The Morgan fingerprint density at radius 1 is 1.34 bits per heavy atom. The molecule has 1 atom stereocenters. The fourth-order valence-electron chi connectivity index (χ4n) is 3.46. The number of carbonyl (C=O) groups excluding carboxylic acids is 2. The monoisotopic (exact) mass is 395 g/mol. The molecule has 1 aliphatic heterocycles. The van der Waals surface area contributed by atoms with E-state index in [1.165, 1.54) is 19.2 Å². The molecule has 0 unspecified atom stereocenters. The lowest BCUT2D eigenvalue weighted by atomic mass is 9.97. The van der Waals surface area contributed by atoms with Crippen molar-refractivity contribution in [1.29, 1.82) is 0 Å². The topological polar surface area (TPSA) is 100 Å². The van der Waals surface area contributed by atoms with Crippen molar-refractivity contribution in [3.05, 3.63) is 77.4 Å². The predicted molar refractivity (Wildman–Crippen MR) is 102 cm³/mol. The van der Waals surface area contributed by atoms with E-state index in [9.17, 15) is 14.0 Å². The zero-order valence-corrected chi connectivity index (χ0v) is 15.6. The molecule has 2 N–H and O–H groups in total. The quantitative estimate of drug-likeness (QED) is 0.664. The van der Waals surface area contributed by atoms with Crippen molar-refractivity contribution in [3.8, 4) is 0 Å². The number of H-pyrrole nitrogens is 1. The maximum absolute atomic E-state index is 13.6. The number of methoxy groups -OCH3 is 1. The summed E-state index contributed by atoms with van der Waals surface area (Å²) in [4.78, 5) is 38.4. The molecule has 8 nitrogen and oxygen atoms in total. The molecule has 3 heterocycles.